The van der Waals surface area contributed by atoms with Gasteiger partial charge in [0.05, 0.1) is 7.82 Å². The Morgan fingerprint density at radius 1 is 0.625 bits per heavy atom. The molecular weight excluding hydrogens is 350 g/mol. The summed E-state index contributed by atoms with van der Waals surface area (Å²) in [5.74, 6) is 0. The maximum Gasteiger partial charge on any atom is 2.00 e. The molecule has 0 aromatic heterocycles. The summed E-state index contributed by atoms with van der Waals surface area (Å²) in [6.45, 7) is 0. The first-order valence-corrected chi connectivity index (χ1v) is 6.94. The summed E-state index contributed by atoms with van der Waals surface area (Å²) in [6.07, 6.45) is 0. The first-order chi connectivity index (χ1) is 6.00. The van der Waals surface area contributed by atoms with Crippen LogP contribution in [0.25, 0.3) is 0 Å². The molecule has 0 aromatic rings. The first kappa shape index (κ1) is 25.7. The maximum absolute atomic E-state index is 8.88. The van der Waals surface area contributed by atoms with Crippen LogP contribution in [0.3, 0.4) is 0 Å². The normalized spacial score (nSPS) is 11.1. The number of rotatable bonds is 0. The Hall–Kier alpha value is 0.953. The zero-order chi connectivity index (χ0) is 13.5. The van der Waals surface area contributed by atoms with Crippen LogP contribution < -0.4 is 9.79 Å². The van der Waals surface area contributed by atoms with Gasteiger partial charge in [-0.25, -0.2) is 9.13 Å². The van der Waals surface area contributed by atoms with Crippen molar-refractivity contribution >= 4 is 23.5 Å². The van der Waals surface area contributed by atoms with Crippen molar-refractivity contribution < 1.29 is 77.2 Å². The van der Waals surface area contributed by atoms with E-state index in [1.54, 1.807) is 0 Å². The van der Waals surface area contributed by atoms with Gasteiger partial charge < -0.3 is 48.6 Å². The molecule has 96 valence electrons. The van der Waals surface area contributed by atoms with E-state index < -0.39 is 23.5 Å². The summed E-state index contributed by atoms with van der Waals surface area (Å²) < 4.78 is 26.4. The minimum absolute atomic E-state index is 0. The molecule has 12 nitrogen and oxygen atoms in total. The first-order valence-electron chi connectivity index (χ1n) is 2.31. The molecule has 0 saturated heterocycles. The van der Waals surface area contributed by atoms with Crippen LogP contribution in [-0.2, 0) is 33.2 Å². The average Bonchev–Trinajstić information content (AvgIpc) is 1.41. The van der Waals surface area contributed by atoms with Crippen molar-refractivity contribution in [1.82, 2.24) is 0 Å². The molecule has 0 fully saturated rings. The van der Waals surface area contributed by atoms with E-state index in [-0.39, 0.29) is 19.5 Å². The second-order valence-electron chi connectivity index (χ2n) is 1.50. The summed E-state index contributed by atoms with van der Waals surface area (Å²) in [7, 11) is -14.4. The van der Waals surface area contributed by atoms with Gasteiger partial charge in [0, 0.05) is 0 Å². The molecule has 0 aliphatic heterocycles. The van der Waals surface area contributed by atoms with Gasteiger partial charge in [0.25, 0.3) is 0 Å². The topological polar surface area (TPSA) is 239 Å². The van der Waals surface area contributed by atoms with Crippen molar-refractivity contribution in [2.24, 2.45) is 0 Å². The Labute approximate surface area is 101 Å². The second-order valence-corrected chi connectivity index (χ2v) is 4.49. The fraction of sp³-hybridized carbons (Fsp3) is 0. The minimum atomic E-state index is -5.14. The van der Waals surface area contributed by atoms with E-state index in [0.29, 0.717) is 0 Å². The van der Waals surface area contributed by atoms with Gasteiger partial charge in [0.1, 0.15) is 0 Å². The average molecular weight is 357 g/mol. The van der Waals surface area contributed by atoms with E-state index >= 15 is 0 Å². The summed E-state index contributed by atoms with van der Waals surface area (Å²) in [6, 6.07) is 0. The summed E-state index contributed by atoms with van der Waals surface area (Å²) in [5.41, 5.74) is 0. The molecule has 0 aliphatic rings. The Morgan fingerprint density at radius 3 is 0.625 bits per heavy atom. The van der Waals surface area contributed by atoms with Gasteiger partial charge in [-0.1, -0.05) is 0 Å². The minimum Gasteiger partial charge on any atom is -0.790 e. The fourth-order valence-electron chi connectivity index (χ4n) is 0. The van der Waals surface area contributed by atoms with E-state index in [0.717, 1.165) is 0 Å². The third-order valence-corrected chi connectivity index (χ3v) is 0. The monoisotopic (exact) mass is 356 g/mol. The van der Waals surface area contributed by atoms with E-state index in [9.17, 15) is 0 Å². The van der Waals surface area contributed by atoms with Crippen LogP contribution in [-0.4, -0.2) is 34.3 Å². The molecule has 0 saturated carbocycles. The van der Waals surface area contributed by atoms with Crippen LogP contribution in [0, 0.1) is 0 Å². The molecule has 0 aliphatic carbocycles. The van der Waals surface area contributed by atoms with Gasteiger partial charge in [-0.2, -0.15) is 0 Å². The molecule has 0 atom stereocenters. The molecule has 16 heteroatoms. The van der Waals surface area contributed by atoms with Crippen molar-refractivity contribution in [3.63, 3.8) is 0 Å². The third-order valence-electron chi connectivity index (χ3n) is 0. The molecule has 0 rings (SSSR count). The van der Waals surface area contributed by atoms with E-state index in [2.05, 4.69) is 0 Å². The van der Waals surface area contributed by atoms with Crippen LogP contribution in [0.15, 0.2) is 0 Å². The molecular formula is H7O12P3Zn. The number of hydrogen-bond donors (Lipinski definition) is 7. The standard InChI is InChI=1S/3H3O4P.Zn/c3*1-5(2,3)4;/h3*(H3,1,2,3,4);/q;;;+2/p-2. The zero-order valence-corrected chi connectivity index (χ0v) is 12.9. The molecule has 7 N–H and O–H groups in total. The Balaban J connectivity index is -0.0000000655. The SMILES string of the molecule is O=P(O)(O)O.O=P(O)(O)O.O=P([O-])([O-])O.[Zn+2]. The smallest absolute Gasteiger partial charge is 0.790 e. The molecule has 0 bridgehead atoms. The Morgan fingerprint density at radius 2 is 0.625 bits per heavy atom. The predicted octanol–water partition coefficient (Wildman–Crippen LogP) is -4.05. The van der Waals surface area contributed by atoms with Crippen LogP contribution >= 0.6 is 23.5 Å². The van der Waals surface area contributed by atoms with Crippen LogP contribution in [0.1, 0.15) is 0 Å². The summed E-state index contributed by atoms with van der Waals surface area (Å²) >= 11 is 0. The molecule has 0 aromatic carbocycles. The fourth-order valence-corrected chi connectivity index (χ4v) is 0. The van der Waals surface area contributed by atoms with Gasteiger partial charge in [-0.05, 0) is 0 Å². The molecule has 0 unspecified atom stereocenters. The maximum atomic E-state index is 8.88. The van der Waals surface area contributed by atoms with Gasteiger partial charge in [-0.3, -0.25) is 0 Å². The van der Waals surface area contributed by atoms with Crippen molar-refractivity contribution in [1.29, 1.82) is 0 Å². The van der Waals surface area contributed by atoms with Crippen LogP contribution in [0.5, 0.6) is 0 Å². The summed E-state index contributed by atoms with van der Waals surface area (Å²) in [5, 5.41) is 0. The van der Waals surface area contributed by atoms with Crippen LogP contribution in [0.4, 0.5) is 0 Å². The second kappa shape index (κ2) is 9.93. The third kappa shape index (κ3) is 3200. The van der Waals surface area contributed by atoms with Gasteiger partial charge in [-0.15, -0.1) is 0 Å². The van der Waals surface area contributed by atoms with Crippen LogP contribution in [0.2, 0.25) is 0 Å². The molecule has 0 spiro atoms. The molecule has 16 heavy (non-hydrogen) atoms. The van der Waals surface area contributed by atoms with Gasteiger partial charge >= 0.3 is 35.1 Å². The van der Waals surface area contributed by atoms with E-state index in [1.165, 1.54) is 0 Å². The van der Waals surface area contributed by atoms with Crippen molar-refractivity contribution in [2.75, 3.05) is 0 Å². The molecule has 0 radical (unpaired) electrons. The zero-order valence-electron chi connectivity index (χ0n) is 7.22. The molecule has 0 heterocycles. The summed E-state index contributed by atoms with van der Waals surface area (Å²) in [4.78, 5) is 67.4. The Bertz CT molecular complexity index is 202. The largest absolute Gasteiger partial charge is 2.00 e. The van der Waals surface area contributed by atoms with Crippen molar-refractivity contribution in [3.05, 3.63) is 0 Å². The Kier molecular flexibility index (Phi) is 16.0. The van der Waals surface area contributed by atoms with E-state index in [1.807, 2.05) is 0 Å². The quantitative estimate of drug-likeness (QED) is 0.162. The molecule has 0 amide bonds. The van der Waals surface area contributed by atoms with Crippen molar-refractivity contribution in [3.8, 4) is 0 Å². The number of hydrogen-bond acceptors (Lipinski definition) is 5. The van der Waals surface area contributed by atoms with Gasteiger partial charge in [0.2, 0.25) is 0 Å². The van der Waals surface area contributed by atoms with E-state index in [4.69, 9.17) is 57.7 Å². The number of phosphoric acid groups is 3. The van der Waals surface area contributed by atoms with Crippen molar-refractivity contribution in [2.45, 2.75) is 0 Å². The van der Waals surface area contributed by atoms with Gasteiger partial charge in [0.15, 0.2) is 0 Å². The predicted molar refractivity (Wildman–Crippen MR) is 38.4 cm³/mol.